The van der Waals surface area contributed by atoms with E-state index in [1.54, 1.807) is 62.5 Å². The van der Waals surface area contributed by atoms with Crippen molar-refractivity contribution in [3.63, 3.8) is 0 Å². The SMILES string of the molecule is CC(=O)[C@]1(O)CC(OC(=O)/C=C/c2ccc(O)c(O)c2)[C@H](OC(=O)/C(C)=C/C=C/C(C)=C/C=C/C=C(C)/C=C/C=C(\C)C(=O)O[C@@H]2OC(CO[C@@H]3OC(CO)[C@@H](O)[C@H](O)C3O)[C@@H](O)[C@H](O)C2O)[C@@H](O)C1. The zero-order chi connectivity index (χ0) is 52.0. The molecule has 0 amide bonds. The zero-order valence-electron chi connectivity index (χ0n) is 39.0. The van der Waals surface area contributed by atoms with Gasteiger partial charge < -0.3 is 84.6 Å². The van der Waals surface area contributed by atoms with Crippen molar-refractivity contribution in [1.82, 2.24) is 0 Å². The highest BCUT2D eigenvalue weighted by molar-refractivity contribution is 5.90. The van der Waals surface area contributed by atoms with Crippen LogP contribution in [0.2, 0.25) is 0 Å². The highest BCUT2D eigenvalue weighted by Gasteiger charge is 2.51. The molecule has 1 saturated carbocycles. The number of aliphatic hydroxyl groups is 9. The van der Waals surface area contributed by atoms with Crippen LogP contribution in [0.25, 0.3) is 6.08 Å². The number of rotatable bonds is 18. The molecule has 1 aromatic rings. The van der Waals surface area contributed by atoms with Gasteiger partial charge in [-0.05, 0) is 58.4 Å². The highest BCUT2D eigenvalue weighted by atomic mass is 16.7. The summed E-state index contributed by atoms with van der Waals surface area (Å²) in [5.74, 6) is -4.21. The van der Waals surface area contributed by atoms with Gasteiger partial charge in [-0.3, -0.25) is 4.79 Å². The lowest BCUT2D eigenvalue weighted by Crippen LogP contribution is -2.61. The van der Waals surface area contributed by atoms with Gasteiger partial charge in [0.05, 0.1) is 19.3 Å². The third-order valence-corrected chi connectivity index (χ3v) is 11.5. The van der Waals surface area contributed by atoms with Crippen LogP contribution in [-0.2, 0) is 47.6 Å². The summed E-state index contributed by atoms with van der Waals surface area (Å²) in [7, 11) is 0. The fourth-order valence-electron chi connectivity index (χ4n) is 7.10. The maximum absolute atomic E-state index is 13.1. The van der Waals surface area contributed by atoms with Gasteiger partial charge in [-0.25, -0.2) is 14.4 Å². The molecule has 5 unspecified atom stereocenters. The summed E-state index contributed by atoms with van der Waals surface area (Å²) in [4.78, 5) is 50.9. The van der Waals surface area contributed by atoms with Crippen LogP contribution in [0.1, 0.15) is 53.0 Å². The molecule has 1 aromatic carbocycles. The van der Waals surface area contributed by atoms with Gasteiger partial charge in [0, 0.05) is 30.1 Å². The second-order valence-corrected chi connectivity index (χ2v) is 17.1. The van der Waals surface area contributed by atoms with Crippen LogP contribution in [0, 0.1) is 0 Å². The highest BCUT2D eigenvalue weighted by Crippen LogP contribution is 2.34. The number of esters is 3. The van der Waals surface area contributed by atoms with Gasteiger partial charge in [-0.15, -0.1) is 0 Å². The van der Waals surface area contributed by atoms with Crippen LogP contribution in [0.5, 0.6) is 11.5 Å². The monoisotopic (exact) mass is 986 g/mol. The smallest absolute Gasteiger partial charge is 0.336 e. The molecule has 0 aromatic heterocycles. The van der Waals surface area contributed by atoms with Crippen molar-refractivity contribution in [3.8, 4) is 11.5 Å². The fraction of sp³-hybridized carbons (Fsp3) is 0.469. The van der Waals surface area contributed by atoms with Gasteiger partial charge in [0.25, 0.3) is 0 Å². The predicted molar refractivity (Wildman–Crippen MR) is 244 cm³/mol. The molecule has 21 nitrogen and oxygen atoms in total. The standard InChI is InChI=1S/C49H62O21/c1-25(12-8-14-27(3)45(62)69-44-33(54)21-49(64,29(5)51)22-34(44)66-37(55)19-17-30-16-18-31(52)32(53)20-30)10-6-7-11-26(2)13-9-15-28(4)46(63)70-48-43(61)41(59)39(57)36(68-48)24-65-47-42(60)40(58)38(56)35(23-50)67-47/h6-20,33-36,38-44,47-48,50,52-54,56-61,64H,21-24H2,1-5H3/b7-6+,12-8+,13-9+,19-17+,25-10+,26-11+,27-14+,28-15+/t33-,34?,35?,36?,38+,39+,40-,41-,42?,43?,44+,47+,48-,49+/m0/s1. The van der Waals surface area contributed by atoms with Crippen molar-refractivity contribution in [2.75, 3.05) is 13.2 Å². The molecule has 3 fully saturated rings. The van der Waals surface area contributed by atoms with E-state index in [0.717, 1.165) is 24.1 Å². The van der Waals surface area contributed by atoms with E-state index in [-0.39, 0.29) is 16.9 Å². The first-order valence-corrected chi connectivity index (χ1v) is 22.0. The molecular formula is C49H62O21. The van der Waals surface area contributed by atoms with Crippen molar-refractivity contribution >= 4 is 29.8 Å². The molecule has 0 bridgehead atoms. The molecule has 0 radical (unpaired) electrons. The second-order valence-electron chi connectivity index (χ2n) is 17.1. The Balaban J connectivity index is 1.28. The lowest BCUT2D eigenvalue weighted by Gasteiger charge is -2.42. The number of carbonyl (C=O) groups excluding carboxylic acids is 4. The molecule has 2 heterocycles. The first kappa shape index (κ1) is 56.9. The largest absolute Gasteiger partial charge is 0.504 e. The summed E-state index contributed by atoms with van der Waals surface area (Å²) in [6.45, 7) is 6.30. The van der Waals surface area contributed by atoms with Crippen LogP contribution >= 0.6 is 0 Å². The Bertz CT molecular complexity index is 2250. The Morgan fingerprint density at radius 2 is 1.19 bits per heavy atom. The summed E-state index contributed by atoms with van der Waals surface area (Å²) in [5.41, 5.74) is 0.0293. The van der Waals surface area contributed by atoms with Crippen LogP contribution in [0.4, 0.5) is 0 Å². The van der Waals surface area contributed by atoms with E-state index in [1.165, 1.54) is 50.3 Å². The number of aliphatic hydroxyl groups excluding tert-OH is 8. The number of phenols is 2. The van der Waals surface area contributed by atoms with Gasteiger partial charge >= 0.3 is 17.9 Å². The van der Waals surface area contributed by atoms with Crippen LogP contribution < -0.4 is 0 Å². The lowest BCUT2D eigenvalue weighted by molar-refractivity contribution is -0.326. The van der Waals surface area contributed by atoms with Gasteiger partial charge in [-0.2, -0.15) is 0 Å². The summed E-state index contributed by atoms with van der Waals surface area (Å²) in [6, 6.07) is 3.82. The van der Waals surface area contributed by atoms with Crippen molar-refractivity contribution in [2.24, 2.45) is 0 Å². The van der Waals surface area contributed by atoms with Crippen LogP contribution in [0.3, 0.4) is 0 Å². The number of Topliss-reactive ketones (excluding diaryl/α,β-unsaturated/α-hetero) is 1. The molecule has 2 saturated heterocycles. The molecule has 14 atom stereocenters. The van der Waals surface area contributed by atoms with Crippen molar-refractivity contribution < 1.29 is 104 Å². The van der Waals surface area contributed by atoms with Gasteiger partial charge in [-0.1, -0.05) is 78.0 Å². The Morgan fingerprint density at radius 3 is 1.74 bits per heavy atom. The molecule has 3 aliphatic rings. The third kappa shape index (κ3) is 15.7. The van der Waals surface area contributed by atoms with Gasteiger partial charge in [0.1, 0.15) is 60.5 Å². The number of allylic oxidation sites excluding steroid dienone is 12. The number of phenolic OH excluding ortho intramolecular Hbond substituents is 2. The number of benzene rings is 1. The minimum atomic E-state index is -2.05. The molecule has 384 valence electrons. The minimum absolute atomic E-state index is 0.0762. The van der Waals surface area contributed by atoms with E-state index in [0.29, 0.717) is 5.56 Å². The Morgan fingerprint density at radius 1 is 0.643 bits per heavy atom. The molecule has 4 rings (SSSR count). The number of ether oxygens (including phenoxy) is 6. The lowest BCUT2D eigenvalue weighted by atomic mass is 9.77. The average molecular weight is 987 g/mol. The summed E-state index contributed by atoms with van der Waals surface area (Å²) in [6.07, 6.45) is -3.18. The average Bonchev–Trinajstić information content (AvgIpc) is 3.31. The van der Waals surface area contributed by atoms with Crippen molar-refractivity contribution in [1.29, 1.82) is 0 Å². The third-order valence-electron chi connectivity index (χ3n) is 11.5. The first-order chi connectivity index (χ1) is 33.0. The van der Waals surface area contributed by atoms with E-state index in [2.05, 4.69) is 0 Å². The number of carbonyl (C=O) groups is 4. The Labute approximate surface area is 403 Å². The van der Waals surface area contributed by atoms with E-state index in [4.69, 9.17) is 28.4 Å². The summed E-state index contributed by atoms with van der Waals surface area (Å²) >= 11 is 0. The maximum atomic E-state index is 13.1. The number of hydrogen-bond donors (Lipinski definition) is 11. The molecule has 21 heteroatoms. The molecule has 1 aliphatic carbocycles. The number of ketones is 1. The molecule has 11 N–H and O–H groups in total. The normalized spacial score (nSPS) is 32.7. The summed E-state index contributed by atoms with van der Waals surface area (Å²) < 4.78 is 32.4. The van der Waals surface area contributed by atoms with Crippen LogP contribution in [-0.4, -0.2) is 178 Å². The topological polar surface area (TPSA) is 346 Å². The second kappa shape index (κ2) is 26.0. The zero-order valence-corrected chi connectivity index (χ0v) is 39.0. The van der Waals surface area contributed by atoms with Gasteiger partial charge in [0.15, 0.2) is 29.7 Å². The molecule has 70 heavy (non-hydrogen) atoms. The summed E-state index contributed by atoms with van der Waals surface area (Å²) in [5, 5.41) is 112. The minimum Gasteiger partial charge on any atom is -0.504 e. The van der Waals surface area contributed by atoms with E-state index < -0.39 is 141 Å². The molecule has 2 aliphatic heterocycles. The van der Waals surface area contributed by atoms with Crippen molar-refractivity contribution in [2.45, 2.75) is 133 Å². The fourth-order valence-corrected chi connectivity index (χ4v) is 7.10. The molecular weight excluding hydrogens is 925 g/mol. The number of aromatic hydroxyl groups is 2. The van der Waals surface area contributed by atoms with Gasteiger partial charge in [0.2, 0.25) is 6.29 Å². The Kier molecular flexibility index (Phi) is 21.1. The van der Waals surface area contributed by atoms with E-state index in [1.807, 2.05) is 0 Å². The quantitative estimate of drug-likeness (QED) is 0.0304. The molecule has 0 spiro atoms. The predicted octanol–water partition coefficient (Wildman–Crippen LogP) is 0.0305. The maximum Gasteiger partial charge on any atom is 0.336 e. The first-order valence-electron chi connectivity index (χ1n) is 22.0. The van der Waals surface area contributed by atoms with Crippen molar-refractivity contribution in [3.05, 3.63) is 113 Å². The Hall–Kier alpha value is -5.66. The van der Waals surface area contributed by atoms with Crippen LogP contribution in [0.15, 0.2) is 107 Å². The van der Waals surface area contributed by atoms with E-state index in [9.17, 15) is 75.3 Å². The van der Waals surface area contributed by atoms with E-state index >= 15 is 0 Å². The number of hydrogen-bond acceptors (Lipinski definition) is 21.